The molecule has 1 heterocycles. The first-order valence-electron chi connectivity index (χ1n) is 9.34. The van der Waals surface area contributed by atoms with Crippen molar-refractivity contribution in [2.24, 2.45) is 7.05 Å². The van der Waals surface area contributed by atoms with Crippen LogP contribution in [0.2, 0.25) is 0 Å². The van der Waals surface area contributed by atoms with Crippen LogP contribution in [0.1, 0.15) is 17.3 Å². The lowest BCUT2D eigenvalue weighted by molar-refractivity contribution is -0.148. The Kier molecular flexibility index (Phi) is 5.62. The van der Waals surface area contributed by atoms with Crippen LogP contribution in [0.15, 0.2) is 54.7 Å². The number of carbonyl (C=O) groups excluding carboxylic acids is 3. The minimum absolute atomic E-state index is 0.308. The second-order valence-electron chi connectivity index (χ2n) is 7.23. The van der Waals surface area contributed by atoms with Crippen LogP contribution in [0.3, 0.4) is 0 Å². The summed E-state index contributed by atoms with van der Waals surface area (Å²) < 4.78 is 2.04. The summed E-state index contributed by atoms with van der Waals surface area (Å²) in [6.45, 7) is 1.26. The molecule has 3 aromatic rings. The van der Waals surface area contributed by atoms with E-state index in [1.807, 2.05) is 48.1 Å². The highest BCUT2D eigenvalue weighted by atomic mass is 16.5. The normalized spacial score (nSPS) is 12.8. The van der Waals surface area contributed by atoms with Crippen molar-refractivity contribution in [3.63, 3.8) is 0 Å². The number of hydroxylamine groups is 1. The van der Waals surface area contributed by atoms with Crippen LogP contribution in [0, 0.1) is 0 Å². The molecule has 3 amide bonds. The molecule has 0 unspecified atom stereocenters. The fourth-order valence-electron chi connectivity index (χ4n) is 3.42. The fourth-order valence-corrected chi connectivity index (χ4v) is 3.42. The maximum atomic E-state index is 12.9. The molecule has 8 nitrogen and oxygen atoms in total. The Morgan fingerprint density at radius 1 is 1.00 bits per heavy atom. The van der Waals surface area contributed by atoms with Crippen LogP contribution in [-0.4, -0.2) is 52.0 Å². The molecule has 0 aliphatic heterocycles. The summed E-state index contributed by atoms with van der Waals surface area (Å²) in [6.07, 6.45) is 2.00. The zero-order valence-electron chi connectivity index (χ0n) is 17.3. The van der Waals surface area contributed by atoms with E-state index in [1.165, 1.54) is 26.5 Å². The second-order valence-corrected chi connectivity index (χ2v) is 7.23. The SMILES string of the molecule is CNC(=O)[C@@](C)(C(=O)NO)N(C)C(=O)c1ccc(-c2ccc3c(ccn3C)c2)cc1. The first-order valence-corrected chi connectivity index (χ1v) is 9.34. The van der Waals surface area contributed by atoms with Crippen LogP contribution in [0.5, 0.6) is 0 Å². The van der Waals surface area contributed by atoms with Gasteiger partial charge in [0.25, 0.3) is 17.7 Å². The molecule has 0 aliphatic carbocycles. The van der Waals surface area contributed by atoms with Crippen LogP contribution < -0.4 is 10.8 Å². The number of nitrogens with one attached hydrogen (secondary N) is 2. The molecule has 3 rings (SSSR count). The fraction of sp³-hybridized carbons (Fsp3) is 0.227. The van der Waals surface area contributed by atoms with Gasteiger partial charge in [0, 0.05) is 43.8 Å². The zero-order chi connectivity index (χ0) is 22.1. The lowest BCUT2D eigenvalue weighted by atomic mass is 9.96. The Labute approximate surface area is 174 Å². The van der Waals surface area contributed by atoms with Crippen molar-refractivity contribution in [2.75, 3.05) is 14.1 Å². The number of fused-ring (bicyclic) bond motifs is 1. The van der Waals surface area contributed by atoms with E-state index in [4.69, 9.17) is 5.21 Å². The monoisotopic (exact) mass is 408 g/mol. The third-order valence-electron chi connectivity index (χ3n) is 5.54. The van der Waals surface area contributed by atoms with Gasteiger partial charge in [-0.05, 0) is 48.4 Å². The second kappa shape index (κ2) is 8.00. The highest BCUT2D eigenvalue weighted by molar-refractivity contribution is 6.12. The Morgan fingerprint density at radius 2 is 1.63 bits per heavy atom. The average Bonchev–Trinajstić information content (AvgIpc) is 3.16. The highest BCUT2D eigenvalue weighted by Gasteiger charge is 2.47. The van der Waals surface area contributed by atoms with Crippen molar-refractivity contribution >= 4 is 28.6 Å². The van der Waals surface area contributed by atoms with Gasteiger partial charge in [0.05, 0.1) is 0 Å². The average molecular weight is 408 g/mol. The Bertz CT molecular complexity index is 1100. The molecule has 0 saturated heterocycles. The number of nitrogens with zero attached hydrogens (tertiary/aromatic N) is 2. The van der Waals surface area contributed by atoms with E-state index in [0.717, 1.165) is 26.9 Å². The minimum atomic E-state index is -1.92. The molecule has 1 aromatic heterocycles. The smallest absolute Gasteiger partial charge is 0.278 e. The molecule has 0 spiro atoms. The van der Waals surface area contributed by atoms with Gasteiger partial charge in [0.2, 0.25) is 0 Å². The highest BCUT2D eigenvalue weighted by Crippen LogP contribution is 2.26. The van der Waals surface area contributed by atoms with Gasteiger partial charge >= 0.3 is 0 Å². The first-order chi connectivity index (χ1) is 14.2. The van der Waals surface area contributed by atoms with E-state index in [-0.39, 0.29) is 0 Å². The van der Waals surface area contributed by atoms with Gasteiger partial charge < -0.3 is 14.8 Å². The third kappa shape index (κ3) is 3.42. The van der Waals surface area contributed by atoms with Crippen LogP contribution >= 0.6 is 0 Å². The summed E-state index contributed by atoms with van der Waals surface area (Å²) in [4.78, 5) is 38.4. The Morgan fingerprint density at radius 3 is 2.23 bits per heavy atom. The van der Waals surface area contributed by atoms with E-state index in [2.05, 4.69) is 11.4 Å². The van der Waals surface area contributed by atoms with Crippen molar-refractivity contribution < 1.29 is 19.6 Å². The summed E-state index contributed by atoms with van der Waals surface area (Å²) in [5, 5.41) is 12.5. The van der Waals surface area contributed by atoms with E-state index >= 15 is 0 Å². The summed E-state index contributed by atoms with van der Waals surface area (Å²) >= 11 is 0. The summed E-state index contributed by atoms with van der Waals surface area (Å²) in [5.41, 5.74) is 2.92. The number of aryl methyl sites for hydroxylation is 1. The van der Waals surface area contributed by atoms with Crippen LogP contribution in [0.4, 0.5) is 0 Å². The minimum Gasteiger partial charge on any atom is -0.357 e. The van der Waals surface area contributed by atoms with E-state index in [9.17, 15) is 14.4 Å². The number of hydrogen-bond donors (Lipinski definition) is 3. The van der Waals surface area contributed by atoms with Crippen molar-refractivity contribution in [1.29, 1.82) is 0 Å². The molecule has 2 aromatic carbocycles. The van der Waals surface area contributed by atoms with E-state index in [1.54, 1.807) is 12.1 Å². The molecule has 1 atom stereocenters. The molecule has 8 heteroatoms. The molecule has 0 fully saturated rings. The van der Waals surface area contributed by atoms with Gasteiger partial charge in [0.1, 0.15) is 0 Å². The quantitative estimate of drug-likeness (QED) is 0.341. The van der Waals surface area contributed by atoms with Gasteiger partial charge in [-0.2, -0.15) is 0 Å². The zero-order valence-corrected chi connectivity index (χ0v) is 17.3. The van der Waals surface area contributed by atoms with Crippen molar-refractivity contribution in [3.05, 3.63) is 60.3 Å². The molecule has 3 N–H and O–H groups in total. The maximum Gasteiger partial charge on any atom is 0.278 e. The Balaban J connectivity index is 1.89. The molecular formula is C22H24N4O4. The van der Waals surface area contributed by atoms with Gasteiger partial charge in [-0.15, -0.1) is 0 Å². The summed E-state index contributed by atoms with van der Waals surface area (Å²) in [5.74, 6) is -2.27. The molecule has 30 heavy (non-hydrogen) atoms. The lowest BCUT2D eigenvalue weighted by Gasteiger charge is -2.34. The van der Waals surface area contributed by atoms with E-state index < -0.39 is 23.3 Å². The standard InChI is InChI=1S/C22H24N4O4/c1-22(20(28)23-2,21(29)24-30)26(4)19(27)15-7-5-14(6-8-15)16-9-10-18-17(13-16)11-12-25(18)3/h5-13,30H,1-4H3,(H,23,28)(H,24,29)/t22-/m0/s1. The predicted octanol–water partition coefficient (Wildman–Crippen LogP) is 1.93. The predicted molar refractivity (Wildman–Crippen MR) is 113 cm³/mol. The van der Waals surface area contributed by atoms with E-state index in [0.29, 0.717) is 5.56 Å². The van der Waals surface area contributed by atoms with Gasteiger partial charge in [-0.25, -0.2) is 5.48 Å². The Hall–Kier alpha value is -3.65. The van der Waals surface area contributed by atoms with Gasteiger partial charge in [-0.3, -0.25) is 19.6 Å². The van der Waals surface area contributed by atoms with Gasteiger partial charge in [0.15, 0.2) is 5.54 Å². The molecule has 0 radical (unpaired) electrons. The number of carbonyl (C=O) groups is 3. The largest absolute Gasteiger partial charge is 0.357 e. The van der Waals surface area contributed by atoms with Crippen LogP contribution in [0.25, 0.3) is 22.0 Å². The molecule has 0 bridgehead atoms. The van der Waals surface area contributed by atoms with Crippen molar-refractivity contribution in [3.8, 4) is 11.1 Å². The molecular weight excluding hydrogens is 384 g/mol. The van der Waals surface area contributed by atoms with Crippen LogP contribution in [-0.2, 0) is 16.6 Å². The number of amides is 3. The maximum absolute atomic E-state index is 12.9. The third-order valence-corrected chi connectivity index (χ3v) is 5.54. The topological polar surface area (TPSA) is 104 Å². The molecule has 0 saturated carbocycles. The molecule has 0 aliphatic rings. The number of aromatic nitrogens is 1. The van der Waals surface area contributed by atoms with Crippen molar-refractivity contribution in [1.82, 2.24) is 20.3 Å². The summed E-state index contributed by atoms with van der Waals surface area (Å²) in [6, 6.07) is 15.1. The number of rotatable bonds is 5. The van der Waals surface area contributed by atoms with Gasteiger partial charge in [-0.1, -0.05) is 18.2 Å². The summed E-state index contributed by atoms with van der Waals surface area (Å²) in [7, 11) is 4.68. The number of likely N-dealkylation sites (N-methyl/N-ethyl adjacent to an activating group) is 2. The lowest BCUT2D eigenvalue weighted by Crippen LogP contribution is -2.64. The molecule has 156 valence electrons. The van der Waals surface area contributed by atoms with Crippen molar-refractivity contribution in [2.45, 2.75) is 12.5 Å². The first kappa shape index (κ1) is 21.1. The number of benzene rings is 2. The number of hydrogen-bond acceptors (Lipinski definition) is 4.